The lowest BCUT2D eigenvalue weighted by Gasteiger charge is -2.36. The lowest BCUT2D eigenvalue weighted by atomic mass is 10.1. The highest BCUT2D eigenvalue weighted by atomic mass is 127. The topological polar surface area (TPSA) is 61.8 Å². The molecule has 0 radical (unpaired) electrons. The Balaban J connectivity index is 0.00000363. The van der Waals surface area contributed by atoms with Crippen molar-refractivity contribution in [2.24, 2.45) is 4.99 Å². The molecule has 1 N–H and O–H groups in total. The van der Waals surface area contributed by atoms with E-state index in [-0.39, 0.29) is 24.0 Å². The first-order valence-electron chi connectivity index (χ1n) is 11.4. The number of morpholine rings is 1. The van der Waals surface area contributed by atoms with Crippen LogP contribution in [0, 0.1) is 0 Å². The Labute approximate surface area is 210 Å². The van der Waals surface area contributed by atoms with Gasteiger partial charge in [-0.15, -0.1) is 24.0 Å². The molecule has 1 aromatic carbocycles. The van der Waals surface area contributed by atoms with Gasteiger partial charge in [-0.1, -0.05) is 0 Å². The second-order valence-electron chi connectivity index (χ2n) is 8.08. The molecular weight excluding hydrogens is 521 g/mol. The van der Waals surface area contributed by atoms with Gasteiger partial charge in [0.15, 0.2) is 5.96 Å². The van der Waals surface area contributed by atoms with Crippen LogP contribution in [0.15, 0.2) is 23.2 Å². The molecule has 32 heavy (non-hydrogen) atoms. The molecule has 0 atom stereocenters. The third-order valence-corrected chi connectivity index (χ3v) is 6.05. The van der Waals surface area contributed by atoms with Crippen LogP contribution in [0.5, 0.6) is 11.5 Å². The van der Waals surface area contributed by atoms with Gasteiger partial charge in [0.25, 0.3) is 0 Å². The molecule has 2 aliphatic heterocycles. The number of aliphatic imine (C=N–C) groups is 1. The van der Waals surface area contributed by atoms with Crippen molar-refractivity contribution in [3.63, 3.8) is 0 Å². The van der Waals surface area contributed by atoms with Crippen LogP contribution in [-0.4, -0.2) is 107 Å². The predicted octanol–water partition coefficient (Wildman–Crippen LogP) is 2.13. The van der Waals surface area contributed by atoms with E-state index >= 15 is 0 Å². The summed E-state index contributed by atoms with van der Waals surface area (Å²) in [5, 5.41) is 3.55. The minimum atomic E-state index is 0. The first-order valence-corrected chi connectivity index (χ1v) is 11.4. The van der Waals surface area contributed by atoms with Crippen molar-refractivity contribution in [3.05, 3.63) is 23.8 Å². The van der Waals surface area contributed by atoms with Crippen molar-refractivity contribution in [2.45, 2.75) is 19.4 Å². The van der Waals surface area contributed by atoms with Crippen LogP contribution in [0.4, 0.5) is 0 Å². The molecule has 1 aromatic rings. The summed E-state index contributed by atoms with van der Waals surface area (Å²) in [4.78, 5) is 11.8. The third-order valence-electron chi connectivity index (χ3n) is 6.05. The van der Waals surface area contributed by atoms with Gasteiger partial charge in [0.1, 0.15) is 11.5 Å². The fourth-order valence-corrected chi connectivity index (χ4v) is 4.18. The molecule has 0 bridgehead atoms. The third kappa shape index (κ3) is 8.24. The van der Waals surface area contributed by atoms with E-state index in [1.807, 2.05) is 19.2 Å². The Bertz CT molecular complexity index is 692. The number of nitrogens with one attached hydrogen (secondary N) is 1. The van der Waals surface area contributed by atoms with Crippen molar-refractivity contribution >= 4 is 29.9 Å². The largest absolute Gasteiger partial charge is 0.497 e. The van der Waals surface area contributed by atoms with E-state index < -0.39 is 0 Å². The smallest absolute Gasteiger partial charge is 0.193 e. The van der Waals surface area contributed by atoms with Gasteiger partial charge in [-0.25, -0.2) is 0 Å². The highest BCUT2D eigenvalue weighted by Crippen LogP contribution is 2.25. The lowest BCUT2D eigenvalue weighted by molar-refractivity contribution is 0.0372. The summed E-state index contributed by atoms with van der Waals surface area (Å²) in [5.74, 6) is 2.80. The van der Waals surface area contributed by atoms with Crippen LogP contribution in [0.25, 0.3) is 0 Å². The Kier molecular flexibility index (Phi) is 12.4. The van der Waals surface area contributed by atoms with Gasteiger partial charge in [0.2, 0.25) is 0 Å². The molecule has 8 nitrogen and oxygen atoms in total. The number of guanidine groups is 1. The second kappa shape index (κ2) is 14.8. The molecule has 0 spiro atoms. The highest BCUT2D eigenvalue weighted by Gasteiger charge is 2.20. The fraction of sp³-hybridized carbons (Fsp3) is 0.696. The molecule has 9 heteroatoms. The molecule has 0 unspecified atom stereocenters. The minimum absolute atomic E-state index is 0. The minimum Gasteiger partial charge on any atom is -0.497 e. The molecule has 182 valence electrons. The monoisotopic (exact) mass is 561 g/mol. The van der Waals surface area contributed by atoms with Gasteiger partial charge in [0.05, 0.1) is 27.4 Å². The standard InChI is InChI=1S/C23H39N5O3.HI/c1-24-23(25-8-4-5-9-26-14-16-31-17-15-26)28-12-10-27(11-13-28)19-20-18-21(29-2)6-7-22(20)30-3;/h6-7,18H,4-5,8-17,19H2,1-3H3,(H,24,25);1H. The van der Waals surface area contributed by atoms with Crippen LogP contribution in [0.2, 0.25) is 0 Å². The van der Waals surface area contributed by atoms with Gasteiger partial charge < -0.3 is 24.4 Å². The van der Waals surface area contributed by atoms with E-state index in [0.29, 0.717) is 0 Å². The molecule has 2 fully saturated rings. The number of hydrogen-bond acceptors (Lipinski definition) is 6. The summed E-state index contributed by atoms with van der Waals surface area (Å²) in [7, 11) is 5.30. The number of ether oxygens (including phenoxy) is 3. The maximum Gasteiger partial charge on any atom is 0.193 e. The van der Waals surface area contributed by atoms with Gasteiger partial charge >= 0.3 is 0 Å². The van der Waals surface area contributed by atoms with Crippen molar-refractivity contribution < 1.29 is 14.2 Å². The zero-order chi connectivity index (χ0) is 21.9. The summed E-state index contributed by atoms with van der Waals surface area (Å²) in [6, 6.07) is 5.99. The summed E-state index contributed by atoms with van der Waals surface area (Å²) >= 11 is 0. The molecule has 3 rings (SSSR count). The van der Waals surface area contributed by atoms with E-state index in [0.717, 1.165) is 102 Å². The SMILES string of the molecule is CN=C(NCCCCN1CCOCC1)N1CCN(Cc2cc(OC)ccc2OC)CC1.I. The lowest BCUT2D eigenvalue weighted by Crippen LogP contribution is -2.52. The van der Waals surface area contributed by atoms with Crippen molar-refractivity contribution in [3.8, 4) is 11.5 Å². The average Bonchev–Trinajstić information content (AvgIpc) is 2.82. The Morgan fingerprint density at radius 1 is 1.00 bits per heavy atom. The molecule has 0 saturated carbocycles. The van der Waals surface area contributed by atoms with Crippen LogP contribution < -0.4 is 14.8 Å². The number of halogens is 1. The van der Waals surface area contributed by atoms with E-state index in [9.17, 15) is 0 Å². The molecular formula is C23H40IN5O3. The molecule has 2 heterocycles. The van der Waals surface area contributed by atoms with Gasteiger partial charge in [-0.2, -0.15) is 0 Å². The molecule has 0 aliphatic carbocycles. The number of methoxy groups -OCH3 is 2. The number of hydrogen-bond donors (Lipinski definition) is 1. The number of nitrogens with zero attached hydrogens (tertiary/aromatic N) is 4. The Morgan fingerprint density at radius 2 is 1.75 bits per heavy atom. The predicted molar refractivity (Wildman–Crippen MR) is 140 cm³/mol. The van der Waals surface area contributed by atoms with Crippen molar-refractivity contribution in [1.82, 2.24) is 20.0 Å². The maximum atomic E-state index is 5.53. The van der Waals surface area contributed by atoms with Crippen molar-refractivity contribution in [1.29, 1.82) is 0 Å². The molecule has 0 aromatic heterocycles. The van der Waals surface area contributed by atoms with Gasteiger partial charge in [-0.05, 0) is 37.6 Å². The highest BCUT2D eigenvalue weighted by molar-refractivity contribution is 14.0. The second-order valence-corrected chi connectivity index (χ2v) is 8.08. The summed E-state index contributed by atoms with van der Waals surface area (Å²) in [5.41, 5.74) is 1.16. The molecule has 2 aliphatic rings. The zero-order valence-corrected chi connectivity index (χ0v) is 22.2. The van der Waals surface area contributed by atoms with Crippen LogP contribution >= 0.6 is 24.0 Å². The number of rotatable bonds is 9. The van der Waals surface area contributed by atoms with E-state index in [1.54, 1.807) is 14.2 Å². The molecule has 2 saturated heterocycles. The number of benzene rings is 1. The normalized spacial score (nSPS) is 18.2. The Hall–Kier alpha value is -1.30. The average molecular weight is 562 g/mol. The van der Waals surface area contributed by atoms with Crippen LogP contribution in [0.1, 0.15) is 18.4 Å². The van der Waals surface area contributed by atoms with E-state index in [1.165, 1.54) is 6.42 Å². The fourth-order valence-electron chi connectivity index (χ4n) is 4.18. The van der Waals surface area contributed by atoms with Gasteiger partial charge in [-0.3, -0.25) is 14.8 Å². The van der Waals surface area contributed by atoms with E-state index in [4.69, 9.17) is 14.2 Å². The first-order chi connectivity index (χ1) is 15.2. The molecule has 0 amide bonds. The van der Waals surface area contributed by atoms with Gasteiger partial charge in [0, 0.05) is 65.0 Å². The summed E-state index contributed by atoms with van der Waals surface area (Å²) in [6.45, 7) is 10.8. The zero-order valence-electron chi connectivity index (χ0n) is 19.8. The van der Waals surface area contributed by atoms with Crippen molar-refractivity contribution in [2.75, 3.05) is 86.8 Å². The van der Waals surface area contributed by atoms with Crippen LogP contribution in [-0.2, 0) is 11.3 Å². The number of piperazine rings is 1. The quantitative estimate of drug-likeness (QED) is 0.215. The van der Waals surface area contributed by atoms with Crippen LogP contribution in [0.3, 0.4) is 0 Å². The maximum absolute atomic E-state index is 5.53. The number of unbranched alkanes of at least 4 members (excludes halogenated alkanes) is 1. The van der Waals surface area contributed by atoms with E-state index in [2.05, 4.69) is 31.1 Å². The Morgan fingerprint density at radius 3 is 2.41 bits per heavy atom. The summed E-state index contributed by atoms with van der Waals surface area (Å²) < 4.78 is 16.3. The summed E-state index contributed by atoms with van der Waals surface area (Å²) in [6.07, 6.45) is 2.37. The first kappa shape index (κ1) is 26.9.